The first kappa shape index (κ1) is 39.5. The van der Waals surface area contributed by atoms with Gasteiger partial charge in [0.05, 0.1) is 18.6 Å². The number of anilines is 1. The Hall–Kier alpha value is -4.32. The second-order valence-electron chi connectivity index (χ2n) is 12.5. The molecule has 0 unspecified atom stereocenters. The predicted octanol–water partition coefficient (Wildman–Crippen LogP) is 5.15. The minimum absolute atomic E-state index is 0. The molecule has 11 heteroatoms. The van der Waals surface area contributed by atoms with E-state index in [1.54, 1.807) is 48.5 Å². The van der Waals surface area contributed by atoms with Gasteiger partial charge >= 0.3 is 35.5 Å². The molecule has 5 aromatic rings. The smallest absolute Gasteiger partial charge is 1.00 e. The quantitative estimate of drug-likeness (QED) is 0.112. The summed E-state index contributed by atoms with van der Waals surface area (Å²) in [7, 11) is 0. The van der Waals surface area contributed by atoms with E-state index in [1.165, 1.54) is 24.3 Å². The summed E-state index contributed by atoms with van der Waals surface area (Å²) in [5.41, 5.74) is 4.74. The molecule has 1 amide bonds. The Balaban J connectivity index is 0.00000364. The minimum atomic E-state index is -1.23. The van der Waals surface area contributed by atoms with Crippen molar-refractivity contribution in [1.82, 2.24) is 4.57 Å². The Kier molecular flexibility index (Phi) is 14.1. The van der Waals surface area contributed by atoms with Gasteiger partial charge in [0.15, 0.2) is 0 Å². The first-order chi connectivity index (χ1) is 24.0. The number of aliphatic carboxylic acids is 1. The first-order valence-electron chi connectivity index (χ1n) is 16.4. The number of rotatable bonds is 15. The Labute approximate surface area is 319 Å². The van der Waals surface area contributed by atoms with Gasteiger partial charge < -0.3 is 31.4 Å². The summed E-state index contributed by atoms with van der Waals surface area (Å²) in [5.74, 6) is -1.89. The molecule has 0 spiro atoms. The number of halogens is 2. The normalized spacial score (nSPS) is 12.2. The summed E-state index contributed by atoms with van der Waals surface area (Å²) in [6, 6.07) is 28.1. The molecule has 4 aromatic carbocycles. The second kappa shape index (κ2) is 18.3. The van der Waals surface area contributed by atoms with Crippen LogP contribution in [0.15, 0.2) is 103 Å². The number of hydrogen-bond donors (Lipinski definition) is 4. The third kappa shape index (κ3) is 10.4. The Morgan fingerprint density at radius 1 is 0.804 bits per heavy atom. The number of aliphatic hydroxyl groups is 2. The van der Waals surface area contributed by atoms with Crippen LogP contribution in [0.1, 0.15) is 62.3 Å². The zero-order valence-corrected chi connectivity index (χ0v) is 30.9. The van der Waals surface area contributed by atoms with Crippen molar-refractivity contribution >= 4 is 17.6 Å². The van der Waals surface area contributed by atoms with Gasteiger partial charge in [0, 0.05) is 28.6 Å². The van der Waals surface area contributed by atoms with Gasteiger partial charge in [0.25, 0.3) is 5.91 Å². The van der Waals surface area contributed by atoms with Crippen molar-refractivity contribution in [3.8, 4) is 28.0 Å². The monoisotopic (exact) mass is 706 g/mol. The van der Waals surface area contributed by atoms with Crippen LogP contribution in [0.25, 0.3) is 22.3 Å². The largest absolute Gasteiger partial charge is 1.00 e. The van der Waals surface area contributed by atoms with E-state index in [4.69, 9.17) is 9.84 Å². The summed E-state index contributed by atoms with van der Waals surface area (Å²) in [6.07, 6.45) is -2.57. The number of nitrogens with zero attached hydrogens (tertiary/aromatic N) is 1. The van der Waals surface area contributed by atoms with Gasteiger partial charge in [-0.25, -0.2) is 8.78 Å². The second-order valence-corrected chi connectivity index (χ2v) is 12.5. The van der Waals surface area contributed by atoms with Crippen LogP contribution in [0.3, 0.4) is 0 Å². The van der Waals surface area contributed by atoms with Crippen LogP contribution >= 0.6 is 0 Å². The van der Waals surface area contributed by atoms with Crippen LogP contribution in [0.4, 0.5) is 14.5 Å². The fourth-order valence-corrected chi connectivity index (χ4v) is 6.09. The maximum absolute atomic E-state index is 14.4. The van der Waals surface area contributed by atoms with Gasteiger partial charge in [-0.2, -0.15) is 0 Å². The molecular formula is C40H41F2N2NaO6. The van der Waals surface area contributed by atoms with Gasteiger partial charge in [0.2, 0.25) is 0 Å². The number of carboxylic acid groups (broad SMARTS) is 1. The fourth-order valence-electron chi connectivity index (χ4n) is 6.09. The van der Waals surface area contributed by atoms with Gasteiger partial charge in [-0.1, -0.05) is 54.6 Å². The van der Waals surface area contributed by atoms with E-state index in [0.717, 1.165) is 5.56 Å². The van der Waals surface area contributed by atoms with E-state index < -0.39 is 42.1 Å². The Morgan fingerprint density at radius 3 is 1.92 bits per heavy atom. The molecule has 0 bridgehead atoms. The molecule has 5 rings (SSSR count). The molecule has 51 heavy (non-hydrogen) atoms. The number of aromatic nitrogens is 1. The van der Waals surface area contributed by atoms with E-state index in [9.17, 15) is 28.6 Å². The molecule has 2 atom stereocenters. The average Bonchev–Trinajstić information content (AvgIpc) is 3.43. The van der Waals surface area contributed by atoms with Gasteiger partial charge in [-0.15, -0.1) is 0 Å². The number of hydrogen-bond acceptors (Lipinski definition) is 5. The van der Waals surface area contributed by atoms with Gasteiger partial charge in [0.1, 0.15) is 29.7 Å². The summed E-state index contributed by atoms with van der Waals surface area (Å²) >= 11 is 0. The molecule has 0 aliphatic rings. The summed E-state index contributed by atoms with van der Waals surface area (Å²) in [6.45, 7) is 4.21. The number of amides is 1. The molecule has 262 valence electrons. The van der Waals surface area contributed by atoms with Gasteiger partial charge in [-0.05, 0) is 98.3 Å². The third-order valence-electron chi connectivity index (χ3n) is 8.33. The number of nitrogens with one attached hydrogen (secondary N) is 1. The van der Waals surface area contributed by atoms with Crippen molar-refractivity contribution < 1.29 is 69.4 Å². The molecule has 4 N–H and O–H groups in total. The van der Waals surface area contributed by atoms with Crippen LogP contribution in [0, 0.1) is 11.6 Å². The van der Waals surface area contributed by atoms with Crippen LogP contribution in [0.2, 0.25) is 0 Å². The predicted molar refractivity (Wildman–Crippen MR) is 189 cm³/mol. The van der Waals surface area contributed by atoms with E-state index in [1.807, 2.05) is 48.7 Å². The Bertz CT molecular complexity index is 1900. The number of carbonyl (C=O) groups excluding carboxylic acids is 1. The molecule has 0 aliphatic carbocycles. The molecule has 8 nitrogen and oxygen atoms in total. The average molecular weight is 707 g/mol. The molecule has 0 radical (unpaired) electrons. The van der Waals surface area contributed by atoms with Gasteiger partial charge in [-0.3, -0.25) is 9.59 Å². The van der Waals surface area contributed by atoms with Crippen molar-refractivity contribution in [3.63, 3.8) is 0 Å². The van der Waals surface area contributed by atoms with E-state index in [-0.39, 0.29) is 62.0 Å². The molecule has 0 fully saturated rings. The molecular weight excluding hydrogens is 665 g/mol. The molecule has 0 saturated heterocycles. The maximum Gasteiger partial charge on any atom is 1.00 e. The summed E-state index contributed by atoms with van der Waals surface area (Å²) in [4.78, 5) is 25.5. The maximum atomic E-state index is 14.4. The third-order valence-corrected chi connectivity index (χ3v) is 8.33. The SMILES string of the molecule is CC(C)n1c(CC[C@H](O)C[C@@H](O)CC(=O)O)c(-c2ccc(F)cc2)c(-c2ccc(F)cc2)c1C(=O)Nc1ccc(OCc2ccccc2)cc1.[H-].[Na+]. The van der Waals surface area contributed by atoms with Crippen LogP contribution < -0.4 is 39.6 Å². The number of carboxylic acids is 1. The van der Waals surface area contributed by atoms with Crippen molar-refractivity contribution in [2.75, 3.05) is 5.32 Å². The zero-order valence-electron chi connectivity index (χ0n) is 29.9. The van der Waals surface area contributed by atoms with Crippen molar-refractivity contribution in [1.29, 1.82) is 0 Å². The van der Waals surface area contributed by atoms with Crippen molar-refractivity contribution in [3.05, 3.63) is 132 Å². The molecule has 1 heterocycles. The van der Waals surface area contributed by atoms with Crippen LogP contribution in [-0.4, -0.2) is 44.0 Å². The topological polar surface area (TPSA) is 121 Å². The minimum Gasteiger partial charge on any atom is -1.00 e. The first-order valence-corrected chi connectivity index (χ1v) is 16.4. The number of aliphatic hydroxyl groups excluding tert-OH is 2. The van der Waals surface area contributed by atoms with E-state index in [0.29, 0.717) is 46.0 Å². The van der Waals surface area contributed by atoms with Crippen LogP contribution in [0.5, 0.6) is 5.75 Å². The molecule has 0 saturated carbocycles. The van der Waals surface area contributed by atoms with Crippen molar-refractivity contribution in [2.45, 2.75) is 64.4 Å². The number of carbonyl (C=O) groups is 2. The zero-order chi connectivity index (χ0) is 35.8. The fraction of sp³-hybridized carbons (Fsp3) is 0.250. The number of benzene rings is 4. The molecule has 0 aliphatic heterocycles. The molecule has 1 aromatic heterocycles. The summed E-state index contributed by atoms with van der Waals surface area (Å²) in [5, 5.41) is 33.0. The number of ether oxygens (including phenoxy) is 1. The standard InChI is InChI=1S/C40H40F2N2O6.Na.H/c1-25(2)44-35(21-18-32(45)22-33(46)23-36(47)48)37(27-8-12-29(41)13-9-27)38(28-10-14-30(42)15-11-28)39(44)40(49)43-31-16-19-34(20-17-31)50-24-26-6-4-3-5-7-26;;/h3-17,19-20,25,32-33,45-46H,18,21-24H2,1-2H3,(H,43,49)(H,47,48);;/q;+1;-1/t32-,33+;;/m0../s1. The summed E-state index contributed by atoms with van der Waals surface area (Å²) < 4.78 is 36.1. The Morgan fingerprint density at radius 2 is 1.37 bits per heavy atom. The van der Waals surface area contributed by atoms with E-state index >= 15 is 0 Å². The van der Waals surface area contributed by atoms with E-state index in [2.05, 4.69) is 5.32 Å². The van der Waals surface area contributed by atoms with Crippen LogP contribution in [-0.2, 0) is 17.8 Å². The van der Waals surface area contributed by atoms with Crippen molar-refractivity contribution in [2.24, 2.45) is 0 Å².